The first-order valence-electron chi connectivity index (χ1n) is 12.1. The van der Waals surface area contributed by atoms with E-state index in [1.165, 1.54) is 50.2 Å². The lowest BCUT2D eigenvalue weighted by Crippen LogP contribution is -2.32. The minimum absolute atomic E-state index is 0.0113. The maximum atomic E-state index is 13.0. The van der Waals surface area contributed by atoms with Crippen LogP contribution in [0.5, 0.6) is 5.88 Å². The SMILES string of the molecule is CCOC(=O)C(C)(C)c1cc(-c2ccc(NC(=O)Nc3cccc(C(F)(F)F)c3)cc2)c(C#N)c(OS(=O)C(F)(F)F)n1. The Morgan fingerprint density at radius 1 is 0.977 bits per heavy atom. The quantitative estimate of drug-likeness (QED) is 0.210. The van der Waals surface area contributed by atoms with Gasteiger partial charge in [0.05, 0.1) is 17.9 Å². The van der Waals surface area contributed by atoms with Gasteiger partial charge < -0.3 is 19.6 Å². The molecule has 2 amide bonds. The molecule has 0 radical (unpaired) electrons. The molecule has 0 spiro atoms. The minimum atomic E-state index is -5.30. The van der Waals surface area contributed by atoms with Crippen LogP contribution in [0, 0.1) is 11.3 Å². The van der Waals surface area contributed by atoms with Gasteiger partial charge in [-0.25, -0.2) is 14.0 Å². The number of aromatic nitrogens is 1. The highest BCUT2D eigenvalue weighted by molar-refractivity contribution is 7.81. The number of urea groups is 1. The molecule has 0 aliphatic rings. The summed E-state index contributed by atoms with van der Waals surface area (Å²) in [6.07, 6.45) is -4.61. The predicted octanol–water partition coefficient (Wildman–Crippen LogP) is 6.69. The Morgan fingerprint density at radius 2 is 1.60 bits per heavy atom. The van der Waals surface area contributed by atoms with E-state index >= 15 is 0 Å². The Balaban J connectivity index is 1.97. The van der Waals surface area contributed by atoms with Gasteiger partial charge >= 0.3 is 34.8 Å². The Kier molecular flexibility index (Phi) is 9.70. The number of anilines is 2. The topological polar surface area (TPSA) is 130 Å². The second-order valence-electron chi connectivity index (χ2n) is 9.19. The highest BCUT2D eigenvalue weighted by Gasteiger charge is 2.42. The summed E-state index contributed by atoms with van der Waals surface area (Å²) >= 11 is -3.89. The number of ether oxygens (including phenoxy) is 1. The van der Waals surface area contributed by atoms with E-state index in [2.05, 4.69) is 19.8 Å². The fourth-order valence-corrected chi connectivity index (χ4v) is 3.93. The summed E-state index contributed by atoms with van der Waals surface area (Å²) in [5.74, 6) is -1.72. The fraction of sp³-hybridized carbons (Fsp3) is 0.259. The van der Waals surface area contributed by atoms with E-state index in [4.69, 9.17) is 4.74 Å². The molecule has 16 heteroatoms. The van der Waals surface area contributed by atoms with Crippen LogP contribution in [0.25, 0.3) is 11.1 Å². The molecule has 1 atom stereocenters. The van der Waals surface area contributed by atoms with E-state index in [1.54, 1.807) is 13.0 Å². The number of benzene rings is 2. The highest BCUT2D eigenvalue weighted by Crippen LogP contribution is 2.37. The van der Waals surface area contributed by atoms with Crippen LogP contribution < -0.4 is 14.8 Å². The van der Waals surface area contributed by atoms with E-state index in [-0.39, 0.29) is 34.8 Å². The van der Waals surface area contributed by atoms with Gasteiger partial charge in [-0.2, -0.15) is 31.6 Å². The van der Waals surface area contributed by atoms with Crippen molar-refractivity contribution in [1.29, 1.82) is 5.26 Å². The summed E-state index contributed by atoms with van der Waals surface area (Å²) in [5, 5.41) is 14.5. The molecule has 3 rings (SSSR count). The maximum absolute atomic E-state index is 13.0. The number of carbonyl (C=O) groups excluding carboxylic acids is 2. The van der Waals surface area contributed by atoms with Crippen LogP contribution in [-0.4, -0.2) is 33.3 Å². The van der Waals surface area contributed by atoms with Gasteiger partial charge in [0, 0.05) is 16.9 Å². The molecule has 0 fully saturated rings. The van der Waals surface area contributed by atoms with E-state index in [9.17, 15) is 45.4 Å². The van der Waals surface area contributed by atoms with E-state index in [1.807, 2.05) is 0 Å². The van der Waals surface area contributed by atoms with Crippen LogP contribution in [0.15, 0.2) is 54.6 Å². The van der Waals surface area contributed by atoms with Crippen LogP contribution in [0.2, 0.25) is 0 Å². The first kappa shape index (κ1) is 32.9. The lowest BCUT2D eigenvalue weighted by atomic mass is 9.86. The third-order valence-corrected chi connectivity index (χ3v) is 6.46. The first-order chi connectivity index (χ1) is 20.0. The van der Waals surface area contributed by atoms with Crippen LogP contribution in [0.3, 0.4) is 0 Å². The Morgan fingerprint density at radius 3 is 2.16 bits per heavy atom. The number of amides is 2. The lowest BCUT2D eigenvalue weighted by molar-refractivity contribution is -0.149. The molecular formula is C27H22F6N4O5S. The van der Waals surface area contributed by atoms with Gasteiger partial charge in [-0.1, -0.05) is 18.2 Å². The Labute approximate surface area is 243 Å². The number of hydrogen-bond donors (Lipinski definition) is 2. The van der Waals surface area contributed by atoms with Crippen molar-refractivity contribution in [2.75, 3.05) is 17.2 Å². The number of nitrogens with zero attached hydrogens (tertiary/aromatic N) is 2. The monoisotopic (exact) mass is 628 g/mol. The van der Waals surface area contributed by atoms with Crippen LogP contribution in [-0.2, 0) is 32.2 Å². The number of esters is 1. The number of alkyl halides is 6. The molecule has 0 bridgehead atoms. The van der Waals surface area contributed by atoms with Gasteiger partial charge in [-0.3, -0.25) is 4.79 Å². The highest BCUT2D eigenvalue weighted by atomic mass is 32.2. The summed E-state index contributed by atoms with van der Waals surface area (Å²) < 4.78 is 99.1. The molecule has 228 valence electrons. The number of halogens is 6. The normalized spacial score (nSPS) is 12.6. The fourth-order valence-electron chi connectivity index (χ4n) is 3.57. The van der Waals surface area contributed by atoms with Crippen LogP contribution in [0.1, 0.15) is 37.6 Å². The summed E-state index contributed by atoms with van der Waals surface area (Å²) in [5.41, 5.74) is -8.30. The molecule has 0 aliphatic heterocycles. The number of nitrogens with one attached hydrogen (secondary N) is 2. The van der Waals surface area contributed by atoms with Gasteiger partial charge in [-0.15, -0.1) is 0 Å². The summed E-state index contributed by atoms with van der Waals surface area (Å²) in [7, 11) is 0. The van der Waals surface area contributed by atoms with E-state index in [0.717, 1.165) is 18.2 Å². The molecule has 1 unspecified atom stereocenters. The molecule has 43 heavy (non-hydrogen) atoms. The molecule has 1 aromatic heterocycles. The number of carbonyl (C=O) groups is 2. The zero-order chi connectivity index (χ0) is 32.2. The molecule has 0 aliphatic carbocycles. The van der Waals surface area contributed by atoms with Crippen molar-refractivity contribution in [3.05, 3.63) is 71.4 Å². The summed E-state index contributed by atoms with van der Waals surface area (Å²) in [4.78, 5) is 28.9. The number of rotatable bonds is 8. The largest absolute Gasteiger partial charge is 0.508 e. The smallest absolute Gasteiger partial charge is 0.465 e. The molecule has 2 N–H and O–H groups in total. The van der Waals surface area contributed by atoms with Gasteiger partial charge in [0.2, 0.25) is 5.88 Å². The van der Waals surface area contributed by atoms with Crippen molar-refractivity contribution >= 4 is 34.5 Å². The van der Waals surface area contributed by atoms with Crippen molar-refractivity contribution in [3.8, 4) is 23.1 Å². The third kappa shape index (κ3) is 8.01. The molecule has 2 aromatic carbocycles. The number of hydrogen-bond acceptors (Lipinski definition) is 7. The van der Waals surface area contributed by atoms with Crippen molar-refractivity contribution in [2.45, 2.75) is 37.9 Å². The van der Waals surface area contributed by atoms with Crippen LogP contribution in [0.4, 0.5) is 42.5 Å². The standard InChI is InChI=1S/C27H22F6N4O5S/c1-4-41-23(38)25(2,3)21-13-19(20(14-34)22(37-21)42-43(40)27(31,32)33)15-8-10-17(11-9-15)35-24(39)36-18-7-5-6-16(12-18)26(28,29)30/h5-13H,4H2,1-3H3,(H2,35,36,39). The third-order valence-electron chi connectivity index (χ3n) is 5.77. The lowest BCUT2D eigenvalue weighted by Gasteiger charge is -2.23. The molecule has 3 aromatic rings. The van der Waals surface area contributed by atoms with Gasteiger partial charge in [0.15, 0.2) is 0 Å². The maximum Gasteiger partial charge on any atom is 0.508 e. The minimum Gasteiger partial charge on any atom is -0.465 e. The zero-order valence-corrected chi connectivity index (χ0v) is 23.3. The number of pyridine rings is 1. The van der Waals surface area contributed by atoms with Crippen molar-refractivity contribution in [1.82, 2.24) is 4.98 Å². The average molecular weight is 629 g/mol. The van der Waals surface area contributed by atoms with Gasteiger partial charge in [-0.05, 0) is 62.7 Å². The van der Waals surface area contributed by atoms with Gasteiger partial charge in [0.25, 0.3) is 0 Å². The molecular weight excluding hydrogens is 606 g/mol. The predicted molar refractivity (Wildman–Crippen MR) is 143 cm³/mol. The second-order valence-corrected chi connectivity index (χ2v) is 10.3. The summed E-state index contributed by atoms with van der Waals surface area (Å²) in [6, 6.07) is 11.4. The molecule has 0 saturated heterocycles. The average Bonchev–Trinajstić information content (AvgIpc) is 2.92. The molecule has 0 saturated carbocycles. The Bertz CT molecular complexity index is 1580. The van der Waals surface area contributed by atoms with Crippen molar-refractivity contribution < 1.29 is 49.1 Å². The van der Waals surface area contributed by atoms with Crippen molar-refractivity contribution in [3.63, 3.8) is 0 Å². The Hall–Kier alpha value is -4.65. The number of nitriles is 1. The summed E-state index contributed by atoms with van der Waals surface area (Å²) in [6.45, 7) is 4.29. The van der Waals surface area contributed by atoms with E-state index < -0.39 is 57.2 Å². The van der Waals surface area contributed by atoms with Crippen LogP contribution >= 0.6 is 0 Å². The van der Waals surface area contributed by atoms with Crippen molar-refractivity contribution in [2.24, 2.45) is 0 Å². The zero-order valence-electron chi connectivity index (χ0n) is 22.5. The molecule has 1 heterocycles. The molecule has 9 nitrogen and oxygen atoms in total. The van der Waals surface area contributed by atoms with Gasteiger partial charge in [0.1, 0.15) is 17.0 Å². The van der Waals surface area contributed by atoms with E-state index in [0.29, 0.717) is 0 Å². The second kappa shape index (κ2) is 12.7. The first-order valence-corrected chi connectivity index (χ1v) is 13.2.